The Hall–Kier alpha value is -1.30. The standard InChI is InChI=1S/C15H31N5O/c1-12(2)13(3)18-15(16-5)17-6-7-19-8-10-20(11-9-19)14(4)21/h12-13H,6-11H2,1-5H3,(H2,16,17,18). The zero-order valence-corrected chi connectivity index (χ0v) is 14.1. The number of hydrogen-bond donors (Lipinski definition) is 2. The van der Waals surface area contributed by atoms with Crippen molar-refractivity contribution in [3.8, 4) is 0 Å². The van der Waals surface area contributed by atoms with Gasteiger partial charge in [0.1, 0.15) is 0 Å². The van der Waals surface area contributed by atoms with Gasteiger partial charge in [-0.1, -0.05) is 13.8 Å². The van der Waals surface area contributed by atoms with E-state index in [9.17, 15) is 4.79 Å². The molecule has 0 aromatic carbocycles. The molecule has 2 N–H and O–H groups in total. The normalized spacial score (nSPS) is 18.8. The Morgan fingerprint density at radius 3 is 2.29 bits per heavy atom. The van der Waals surface area contributed by atoms with E-state index in [1.54, 1.807) is 14.0 Å². The van der Waals surface area contributed by atoms with Crippen molar-refractivity contribution in [1.82, 2.24) is 20.4 Å². The first kappa shape index (κ1) is 17.8. The Morgan fingerprint density at radius 2 is 1.81 bits per heavy atom. The maximum absolute atomic E-state index is 11.3. The minimum atomic E-state index is 0.181. The fourth-order valence-electron chi connectivity index (χ4n) is 2.20. The molecule has 0 saturated carbocycles. The van der Waals surface area contributed by atoms with Crippen molar-refractivity contribution in [3.63, 3.8) is 0 Å². The largest absolute Gasteiger partial charge is 0.355 e. The Labute approximate surface area is 129 Å². The first-order valence-corrected chi connectivity index (χ1v) is 7.89. The molecule has 1 saturated heterocycles. The fraction of sp³-hybridized carbons (Fsp3) is 0.867. The van der Waals surface area contributed by atoms with Gasteiger partial charge in [0.25, 0.3) is 0 Å². The number of hydrogen-bond acceptors (Lipinski definition) is 3. The molecule has 0 spiro atoms. The van der Waals surface area contributed by atoms with Crippen molar-refractivity contribution in [2.45, 2.75) is 33.7 Å². The third kappa shape index (κ3) is 6.33. The number of nitrogens with zero attached hydrogens (tertiary/aromatic N) is 3. The molecular formula is C15H31N5O. The SMILES string of the molecule is CN=C(NCCN1CCN(C(C)=O)CC1)NC(C)C(C)C. The summed E-state index contributed by atoms with van der Waals surface area (Å²) in [6, 6.07) is 0.398. The molecule has 0 aromatic heterocycles. The number of nitrogens with one attached hydrogen (secondary N) is 2. The predicted molar refractivity (Wildman–Crippen MR) is 87.5 cm³/mol. The van der Waals surface area contributed by atoms with Crippen LogP contribution in [0.4, 0.5) is 0 Å². The van der Waals surface area contributed by atoms with E-state index in [0.29, 0.717) is 12.0 Å². The van der Waals surface area contributed by atoms with Gasteiger partial charge in [-0.15, -0.1) is 0 Å². The quantitative estimate of drug-likeness (QED) is 0.568. The lowest BCUT2D eigenvalue weighted by Gasteiger charge is -2.34. The van der Waals surface area contributed by atoms with E-state index in [1.165, 1.54) is 0 Å². The zero-order chi connectivity index (χ0) is 15.8. The summed E-state index contributed by atoms with van der Waals surface area (Å²) in [4.78, 5) is 19.8. The summed E-state index contributed by atoms with van der Waals surface area (Å²) in [5, 5.41) is 6.75. The van der Waals surface area contributed by atoms with Crippen LogP contribution in [-0.4, -0.2) is 74.0 Å². The van der Waals surface area contributed by atoms with Crippen LogP contribution in [0.2, 0.25) is 0 Å². The third-order valence-corrected chi connectivity index (χ3v) is 4.13. The lowest BCUT2D eigenvalue weighted by molar-refractivity contribution is -0.130. The van der Waals surface area contributed by atoms with Crippen LogP contribution in [0.25, 0.3) is 0 Å². The maximum atomic E-state index is 11.3. The molecule has 1 aliphatic heterocycles. The molecule has 1 rings (SSSR count). The lowest BCUT2D eigenvalue weighted by atomic mass is 10.1. The van der Waals surface area contributed by atoms with Gasteiger partial charge in [0, 0.05) is 59.3 Å². The number of rotatable bonds is 5. The average molecular weight is 297 g/mol. The zero-order valence-electron chi connectivity index (χ0n) is 14.1. The second kappa shape index (κ2) is 8.87. The molecule has 0 aromatic rings. The van der Waals surface area contributed by atoms with Crippen molar-refractivity contribution in [1.29, 1.82) is 0 Å². The van der Waals surface area contributed by atoms with Gasteiger partial charge in [0.2, 0.25) is 5.91 Å². The van der Waals surface area contributed by atoms with Crippen LogP contribution in [0.5, 0.6) is 0 Å². The van der Waals surface area contributed by atoms with Crippen LogP contribution in [0.3, 0.4) is 0 Å². The van der Waals surface area contributed by atoms with Gasteiger partial charge in [-0.25, -0.2) is 0 Å². The molecule has 0 aliphatic carbocycles. The highest BCUT2D eigenvalue weighted by Crippen LogP contribution is 2.01. The molecule has 1 atom stereocenters. The van der Waals surface area contributed by atoms with Gasteiger partial charge in [-0.05, 0) is 12.8 Å². The van der Waals surface area contributed by atoms with E-state index in [0.717, 1.165) is 45.2 Å². The average Bonchev–Trinajstić information content (AvgIpc) is 2.46. The Morgan fingerprint density at radius 1 is 1.19 bits per heavy atom. The van der Waals surface area contributed by atoms with Gasteiger partial charge in [-0.3, -0.25) is 14.7 Å². The lowest BCUT2D eigenvalue weighted by Crippen LogP contribution is -2.51. The summed E-state index contributed by atoms with van der Waals surface area (Å²) >= 11 is 0. The van der Waals surface area contributed by atoms with Crippen LogP contribution in [0.1, 0.15) is 27.7 Å². The van der Waals surface area contributed by atoms with E-state index in [-0.39, 0.29) is 5.91 Å². The van der Waals surface area contributed by atoms with Gasteiger partial charge in [0.05, 0.1) is 0 Å². The maximum Gasteiger partial charge on any atom is 0.219 e. The van der Waals surface area contributed by atoms with Gasteiger partial charge >= 0.3 is 0 Å². The minimum Gasteiger partial charge on any atom is -0.355 e. The number of aliphatic imine (C=N–C) groups is 1. The number of piperazine rings is 1. The first-order chi connectivity index (χ1) is 9.93. The smallest absolute Gasteiger partial charge is 0.219 e. The molecule has 0 radical (unpaired) electrons. The van der Waals surface area contributed by atoms with E-state index >= 15 is 0 Å². The van der Waals surface area contributed by atoms with E-state index in [2.05, 4.69) is 41.3 Å². The van der Waals surface area contributed by atoms with Crippen LogP contribution >= 0.6 is 0 Å². The first-order valence-electron chi connectivity index (χ1n) is 7.89. The molecule has 122 valence electrons. The van der Waals surface area contributed by atoms with Crippen molar-refractivity contribution >= 4 is 11.9 Å². The Bertz CT molecular complexity index is 348. The molecule has 1 amide bonds. The summed E-state index contributed by atoms with van der Waals surface area (Å²) in [7, 11) is 1.80. The van der Waals surface area contributed by atoms with Crippen molar-refractivity contribution in [3.05, 3.63) is 0 Å². The Kier molecular flexibility index (Phi) is 7.50. The van der Waals surface area contributed by atoms with Gasteiger partial charge in [0.15, 0.2) is 5.96 Å². The summed E-state index contributed by atoms with van der Waals surface area (Å²) in [5.74, 6) is 1.61. The number of guanidine groups is 1. The highest BCUT2D eigenvalue weighted by atomic mass is 16.2. The molecule has 6 nitrogen and oxygen atoms in total. The highest BCUT2D eigenvalue weighted by molar-refractivity contribution is 5.79. The molecule has 0 bridgehead atoms. The van der Waals surface area contributed by atoms with E-state index in [1.807, 2.05) is 4.90 Å². The van der Waals surface area contributed by atoms with Crippen LogP contribution in [-0.2, 0) is 4.79 Å². The van der Waals surface area contributed by atoms with Crippen molar-refractivity contribution in [2.24, 2.45) is 10.9 Å². The van der Waals surface area contributed by atoms with Crippen LogP contribution < -0.4 is 10.6 Å². The van der Waals surface area contributed by atoms with Crippen molar-refractivity contribution < 1.29 is 4.79 Å². The van der Waals surface area contributed by atoms with Crippen LogP contribution in [0.15, 0.2) is 4.99 Å². The molecule has 1 heterocycles. The summed E-state index contributed by atoms with van der Waals surface area (Å²) in [6.07, 6.45) is 0. The second-order valence-electron chi connectivity index (χ2n) is 6.02. The molecular weight excluding hydrogens is 266 g/mol. The summed E-state index contributed by atoms with van der Waals surface area (Å²) in [5.41, 5.74) is 0. The Balaban J connectivity index is 2.22. The van der Waals surface area contributed by atoms with Crippen molar-refractivity contribution in [2.75, 3.05) is 46.3 Å². The summed E-state index contributed by atoms with van der Waals surface area (Å²) < 4.78 is 0. The molecule has 6 heteroatoms. The molecule has 21 heavy (non-hydrogen) atoms. The molecule has 1 unspecified atom stereocenters. The number of amides is 1. The second-order valence-corrected chi connectivity index (χ2v) is 6.02. The number of carbonyl (C=O) groups excluding carboxylic acids is 1. The van der Waals surface area contributed by atoms with Gasteiger partial charge < -0.3 is 15.5 Å². The highest BCUT2D eigenvalue weighted by Gasteiger charge is 2.18. The number of carbonyl (C=O) groups is 1. The summed E-state index contributed by atoms with van der Waals surface area (Å²) in [6.45, 7) is 13.6. The monoisotopic (exact) mass is 297 g/mol. The fourth-order valence-corrected chi connectivity index (χ4v) is 2.20. The predicted octanol–water partition coefficient (Wildman–Crippen LogP) is 0.360. The molecule has 1 aliphatic rings. The molecule has 1 fully saturated rings. The third-order valence-electron chi connectivity index (χ3n) is 4.13. The van der Waals surface area contributed by atoms with Crippen LogP contribution in [0, 0.1) is 5.92 Å². The minimum absolute atomic E-state index is 0.181. The topological polar surface area (TPSA) is 60.0 Å². The van der Waals surface area contributed by atoms with E-state index in [4.69, 9.17) is 0 Å². The van der Waals surface area contributed by atoms with E-state index < -0.39 is 0 Å². The van der Waals surface area contributed by atoms with Gasteiger partial charge in [-0.2, -0.15) is 0 Å².